The highest BCUT2D eigenvalue weighted by Gasteiger charge is 2.20. The van der Waals surface area contributed by atoms with Crippen molar-refractivity contribution >= 4 is 14.2 Å². The molecule has 1 amide bonds. The van der Waals surface area contributed by atoms with Gasteiger partial charge in [0.15, 0.2) is 6.29 Å². The molecule has 0 radical (unpaired) electrons. The Morgan fingerprint density at radius 1 is 0.949 bits per heavy atom. The average molecular weight is 554 g/mol. The van der Waals surface area contributed by atoms with Gasteiger partial charge in [-0.2, -0.15) is 0 Å². The number of ether oxygens (including phenoxy) is 4. The van der Waals surface area contributed by atoms with E-state index >= 15 is 0 Å². The monoisotopic (exact) mass is 553 g/mol. The van der Waals surface area contributed by atoms with Gasteiger partial charge in [0.2, 0.25) is 0 Å². The molecule has 0 aliphatic carbocycles. The van der Waals surface area contributed by atoms with Crippen molar-refractivity contribution < 1.29 is 23.7 Å². The van der Waals surface area contributed by atoms with E-state index in [0.29, 0.717) is 39.6 Å². The Bertz CT molecular complexity index is 1110. The summed E-state index contributed by atoms with van der Waals surface area (Å²) in [5.74, 6) is 0.740. The molecule has 0 atom stereocenters. The van der Waals surface area contributed by atoms with E-state index < -0.39 is 20.5 Å². The van der Waals surface area contributed by atoms with Gasteiger partial charge < -0.3 is 23.5 Å². The molecule has 0 bridgehead atoms. The van der Waals surface area contributed by atoms with Gasteiger partial charge >= 0.3 is 6.09 Å². The molecule has 39 heavy (non-hydrogen) atoms. The molecule has 0 spiro atoms. The van der Waals surface area contributed by atoms with Crippen LogP contribution in [0.2, 0.25) is 25.7 Å². The third kappa shape index (κ3) is 10.6. The fraction of sp³-hybridized carbons (Fsp3) is 0.467. The van der Waals surface area contributed by atoms with Crippen LogP contribution in [-0.2, 0) is 45.4 Å². The van der Waals surface area contributed by atoms with Crippen molar-refractivity contribution in [1.82, 2.24) is 14.5 Å². The molecule has 1 aromatic heterocycles. The largest absolute Gasteiger partial charge is 0.445 e. The summed E-state index contributed by atoms with van der Waals surface area (Å²) in [6, 6.07) is 18.7. The van der Waals surface area contributed by atoms with Crippen LogP contribution in [0.25, 0.3) is 0 Å². The Balaban J connectivity index is 1.71. The Labute approximate surface area is 233 Å². The van der Waals surface area contributed by atoms with Crippen LogP contribution in [0.1, 0.15) is 42.7 Å². The molecule has 0 fully saturated rings. The molecule has 9 heteroatoms. The van der Waals surface area contributed by atoms with E-state index in [1.807, 2.05) is 79.2 Å². The molecule has 0 unspecified atom stereocenters. The zero-order valence-corrected chi connectivity index (χ0v) is 25.0. The van der Waals surface area contributed by atoms with Gasteiger partial charge in [-0.3, -0.25) is 4.90 Å². The maximum absolute atomic E-state index is 13.3. The minimum Gasteiger partial charge on any atom is -0.445 e. The first-order chi connectivity index (χ1) is 18.8. The number of carbonyl (C=O) groups is 1. The van der Waals surface area contributed by atoms with Gasteiger partial charge in [-0.05, 0) is 31.0 Å². The minimum absolute atomic E-state index is 0.202. The highest BCUT2D eigenvalue weighted by molar-refractivity contribution is 6.76. The maximum Gasteiger partial charge on any atom is 0.410 e. The molecular formula is C30H43N3O5Si. The van der Waals surface area contributed by atoms with Crippen molar-refractivity contribution in [2.75, 3.05) is 19.8 Å². The number of rotatable bonds is 16. The molecule has 1 heterocycles. The van der Waals surface area contributed by atoms with E-state index in [4.69, 9.17) is 18.9 Å². The van der Waals surface area contributed by atoms with Crippen molar-refractivity contribution in [1.29, 1.82) is 0 Å². The van der Waals surface area contributed by atoms with E-state index in [0.717, 1.165) is 28.6 Å². The fourth-order valence-electron chi connectivity index (χ4n) is 3.86. The highest BCUT2D eigenvalue weighted by Crippen LogP contribution is 2.21. The van der Waals surface area contributed by atoms with Crippen LogP contribution in [0.5, 0.6) is 0 Å². The Morgan fingerprint density at radius 2 is 1.64 bits per heavy atom. The van der Waals surface area contributed by atoms with Gasteiger partial charge in [0.1, 0.15) is 19.2 Å². The molecule has 212 valence electrons. The topological polar surface area (TPSA) is 75.0 Å². The number of hydrogen-bond donors (Lipinski definition) is 0. The first-order valence-corrected chi connectivity index (χ1v) is 17.3. The predicted octanol–water partition coefficient (Wildman–Crippen LogP) is 6.61. The van der Waals surface area contributed by atoms with Crippen LogP contribution in [0, 0.1) is 0 Å². The van der Waals surface area contributed by atoms with Crippen molar-refractivity contribution in [3.05, 3.63) is 89.5 Å². The first kappa shape index (κ1) is 30.6. The van der Waals surface area contributed by atoms with Gasteiger partial charge in [-0.15, -0.1) is 0 Å². The second kappa shape index (κ2) is 15.6. The van der Waals surface area contributed by atoms with E-state index in [1.165, 1.54) is 0 Å². The summed E-state index contributed by atoms with van der Waals surface area (Å²) in [7, 11) is -1.17. The van der Waals surface area contributed by atoms with Crippen LogP contribution < -0.4 is 0 Å². The molecule has 3 rings (SSSR count). The zero-order valence-electron chi connectivity index (χ0n) is 24.0. The van der Waals surface area contributed by atoms with E-state index in [2.05, 4.69) is 24.6 Å². The van der Waals surface area contributed by atoms with E-state index in [9.17, 15) is 4.79 Å². The summed E-state index contributed by atoms with van der Waals surface area (Å²) < 4.78 is 25.0. The second-order valence-electron chi connectivity index (χ2n) is 10.5. The Morgan fingerprint density at radius 3 is 2.28 bits per heavy atom. The standard InChI is InChI=1S/C30H43N3O5Si/c1-6-36-29(37-7-2)27-15-13-25(14-16-27)21-33(30(34)38-23-26-11-9-8-10-12-26)22-28-31-17-18-32(28)24-35-19-20-39(3,4)5/h8-18,29H,6-7,19-24H2,1-5H3. The lowest BCUT2D eigenvalue weighted by molar-refractivity contribution is -0.140. The third-order valence-corrected chi connectivity index (χ3v) is 7.79. The molecule has 8 nitrogen and oxygen atoms in total. The minimum atomic E-state index is -1.17. The lowest BCUT2D eigenvalue weighted by Gasteiger charge is -2.23. The van der Waals surface area contributed by atoms with Crippen molar-refractivity contribution in [2.45, 2.75) is 72.2 Å². The Hall–Kier alpha value is -2.98. The van der Waals surface area contributed by atoms with Gasteiger partial charge in [0, 0.05) is 52.4 Å². The quantitative estimate of drug-likeness (QED) is 0.113. The molecule has 0 saturated heterocycles. The number of nitrogens with zero attached hydrogens (tertiary/aromatic N) is 3. The molecule has 0 aliphatic heterocycles. The SMILES string of the molecule is CCOC(OCC)c1ccc(CN(Cc2nccn2COCC[Si](C)(C)C)C(=O)OCc2ccccc2)cc1. The summed E-state index contributed by atoms with van der Waals surface area (Å²) in [5, 5.41) is 0. The molecule has 0 N–H and O–H groups in total. The number of aromatic nitrogens is 2. The smallest absolute Gasteiger partial charge is 0.410 e. The van der Waals surface area contributed by atoms with E-state index in [-0.39, 0.29) is 6.61 Å². The van der Waals surface area contributed by atoms with Crippen LogP contribution in [-0.4, -0.2) is 48.4 Å². The average Bonchev–Trinajstić information content (AvgIpc) is 3.36. The summed E-state index contributed by atoms with van der Waals surface area (Å²) in [5.41, 5.74) is 2.84. The molecule has 0 aliphatic rings. The van der Waals surface area contributed by atoms with Crippen molar-refractivity contribution in [3.63, 3.8) is 0 Å². The lowest BCUT2D eigenvalue weighted by Crippen LogP contribution is -2.32. The van der Waals surface area contributed by atoms with Gasteiger partial charge in [0.05, 0.1) is 6.54 Å². The first-order valence-electron chi connectivity index (χ1n) is 13.6. The predicted molar refractivity (Wildman–Crippen MR) is 155 cm³/mol. The van der Waals surface area contributed by atoms with Crippen LogP contribution >= 0.6 is 0 Å². The van der Waals surface area contributed by atoms with Crippen molar-refractivity contribution in [2.24, 2.45) is 0 Å². The van der Waals surface area contributed by atoms with Crippen LogP contribution in [0.4, 0.5) is 4.79 Å². The van der Waals surface area contributed by atoms with Gasteiger partial charge in [-0.1, -0.05) is 74.2 Å². The normalized spacial score (nSPS) is 11.6. The molecule has 3 aromatic rings. The van der Waals surface area contributed by atoms with Gasteiger partial charge in [0.25, 0.3) is 0 Å². The number of amides is 1. The number of carbonyl (C=O) groups excluding carboxylic acids is 1. The molecule has 2 aromatic carbocycles. The summed E-state index contributed by atoms with van der Waals surface area (Å²) >= 11 is 0. The van der Waals surface area contributed by atoms with E-state index in [1.54, 1.807) is 11.1 Å². The highest BCUT2D eigenvalue weighted by atomic mass is 28.3. The number of hydrogen-bond acceptors (Lipinski definition) is 6. The third-order valence-electron chi connectivity index (χ3n) is 6.09. The zero-order chi connectivity index (χ0) is 28.1. The van der Waals surface area contributed by atoms with Gasteiger partial charge in [-0.25, -0.2) is 9.78 Å². The summed E-state index contributed by atoms with van der Waals surface area (Å²) in [4.78, 5) is 19.5. The van der Waals surface area contributed by atoms with Crippen molar-refractivity contribution in [3.8, 4) is 0 Å². The molecular weight excluding hydrogens is 510 g/mol. The number of benzene rings is 2. The maximum atomic E-state index is 13.3. The summed E-state index contributed by atoms with van der Waals surface area (Å²) in [6.45, 7) is 14.0. The van der Waals surface area contributed by atoms with Crippen LogP contribution in [0.15, 0.2) is 67.0 Å². The fourth-order valence-corrected chi connectivity index (χ4v) is 4.62. The Kier molecular flexibility index (Phi) is 12.2. The lowest BCUT2D eigenvalue weighted by atomic mass is 10.1. The van der Waals surface area contributed by atoms with Crippen LogP contribution in [0.3, 0.4) is 0 Å². The second-order valence-corrected chi connectivity index (χ2v) is 16.2. The summed E-state index contributed by atoms with van der Waals surface area (Å²) in [6.07, 6.45) is 2.81. The molecule has 0 saturated carbocycles. The number of imidazole rings is 1.